The number of nitrogens with zero attached hydrogens (tertiary/aromatic N) is 3. The number of esters is 4. The van der Waals surface area contributed by atoms with Gasteiger partial charge in [-0.15, -0.1) is 0 Å². The molecule has 1 saturated heterocycles. The summed E-state index contributed by atoms with van der Waals surface area (Å²) in [7, 11) is 7.28. The molecule has 8 atom stereocenters. The zero-order valence-corrected chi connectivity index (χ0v) is 42.2. The van der Waals surface area contributed by atoms with Gasteiger partial charge in [-0.25, -0.2) is 9.59 Å². The van der Waals surface area contributed by atoms with E-state index < -0.39 is 81.3 Å². The minimum Gasteiger partial charge on any atom is -0.496 e. The number of hydrogen-bond acceptors (Lipinski definition) is 14. The molecule has 6 heterocycles. The summed E-state index contributed by atoms with van der Waals surface area (Å²) in [6, 6.07) is 10.1. The highest BCUT2D eigenvalue weighted by Crippen LogP contribution is 2.68. The van der Waals surface area contributed by atoms with E-state index in [0.29, 0.717) is 72.7 Å². The number of nitrogens with one attached hydrogen (secondary N) is 2. The molecule has 16 heteroatoms. The summed E-state index contributed by atoms with van der Waals surface area (Å²) in [5, 5.41) is 17.3. The van der Waals surface area contributed by atoms with E-state index in [9.17, 15) is 24.3 Å². The number of carbonyl (C=O) groups excluding carboxylic acids is 5. The van der Waals surface area contributed by atoms with E-state index in [1.807, 2.05) is 100 Å². The molecule has 374 valence electrons. The summed E-state index contributed by atoms with van der Waals surface area (Å²) < 4.78 is 29.7. The predicted octanol–water partition coefficient (Wildman–Crippen LogP) is 5.14. The van der Waals surface area contributed by atoms with Crippen LogP contribution in [0.25, 0.3) is 10.9 Å². The number of carbonyl (C=O) groups is 5. The minimum atomic E-state index is -2.38. The van der Waals surface area contributed by atoms with Gasteiger partial charge in [0.25, 0.3) is 5.91 Å². The molecule has 5 aliphatic heterocycles. The van der Waals surface area contributed by atoms with Gasteiger partial charge in [0.05, 0.1) is 40.1 Å². The van der Waals surface area contributed by atoms with Gasteiger partial charge in [-0.2, -0.15) is 0 Å². The van der Waals surface area contributed by atoms with Crippen molar-refractivity contribution in [3.05, 3.63) is 93.9 Å². The van der Waals surface area contributed by atoms with Crippen molar-refractivity contribution in [3.63, 3.8) is 0 Å². The number of rotatable bonds is 9. The molecule has 1 saturated carbocycles. The molecule has 1 aromatic heterocycles. The molecule has 3 N–H and O–H groups in total. The van der Waals surface area contributed by atoms with Crippen LogP contribution in [0.2, 0.25) is 0 Å². The number of hydrogen-bond donors (Lipinski definition) is 3. The number of aromatic amines is 1. The first-order chi connectivity index (χ1) is 33.2. The molecule has 1 amide bonds. The fourth-order valence-corrected chi connectivity index (χ4v) is 14.0. The van der Waals surface area contributed by atoms with Crippen LogP contribution in [0.4, 0.5) is 5.69 Å². The zero-order valence-electron chi connectivity index (χ0n) is 42.2. The Bertz CT molecular complexity index is 2790. The molecule has 0 unspecified atom stereocenters. The molecular weight excluding hydrogens is 895 g/mol. The number of para-hydroxylation sites is 1. The van der Waals surface area contributed by atoms with E-state index in [-0.39, 0.29) is 30.7 Å². The van der Waals surface area contributed by atoms with Gasteiger partial charge in [0.2, 0.25) is 5.60 Å². The zero-order chi connectivity index (χ0) is 50.5. The standard InChI is InChI=1S/C54H67N5O11/c1-12-31-23-32-27-53(48(63)68-10,42-34(33-17-14-15-18-38(33)55-42)24-35(44(62)67-9)41(59(28-31)29-32)43(61)56-50(4,5)6)37-25-36-39(26-40(37)66-8)57(7)46-52(36)20-22-58-21-16-19-51(13-2,45(52)58)47(70-30(3)60)54(46,65)49(64)69-11/h14-19,23,25-26,32,45-47,55,65H,12-13,20-22,24,27-29H2,1-11H3,(H,56,61)/b41-35+/t32-,45-,46+,47+,51+,52+,53-,54-/m0/s1. The quantitative estimate of drug-likeness (QED) is 0.145. The van der Waals surface area contributed by atoms with Crippen molar-refractivity contribution in [1.82, 2.24) is 20.1 Å². The number of benzene rings is 2. The predicted molar refractivity (Wildman–Crippen MR) is 261 cm³/mol. The highest BCUT2D eigenvalue weighted by Gasteiger charge is 2.80. The first-order valence-corrected chi connectivity index (χ1v) is 24.4. The second-order valence-corrected chi connectivity index (χ2v) is 21.1. The number of anilines is 1. The summed E-state index contributed by atoms with van der Waals surface area (Å²) in [4.78, 5) is 82.6. The van der Waals surface area contributed by atoms with Crippen molar-refractivity contribution in [2.45, 2.75) is 114 Å². The van der Waals surface area contributed by atoms with E-state index in [1.54, 1.807) is 7.11 Å². The van der Waals surface area contributed by atoms with Gasteiger partial charge in [0, 0.05) is 96.4 Å². The van der Waals surface area contributed by atoms with E-state index in [0.717, 1.165) is 16.5 Å². The Morgan fingerprint density at radius 1 is 0.957 bits per heavy atom. The van der Waals surface area contributed by atoms with Gasteiger partial charge < -0.3 is 48.9 Å². The fourth-order valence-electron chi connectivity index (χ4n) is 14.0. The normalized spacial score (nSPS) is 31.1. The molecule has 70 heavy (non-hydrogen) atoms. The molecule has 9 rings (SSSR count). The number of ether oxygens (including phenoxy) is 5. The Labute approximate surface area is 409 Å². The van der Waals surface area contributed by atoms with Gasteiger partial charge in [0.1, 0.15) is 16.9 Å². The van der Waals surface area contributed by atoms with E-state index >= 15 is 4.79 Å². The monoisotopic (exact) mass is 961 g/mol. The molecule has 1 aliphatic carbocycles. The van der Waals surface area contributed by atoms with Gasteiger partial charge >= 0.3 is 23.9 Å². The van der Waals surface area contributed by atoms with Gasteiger partial charge in [0.15, 0.2) is 6.10 Å². The van der Waals surface area contributed by atoms with Crippen molar-refractivity contribution in [2.75, 3.05) is 66.6 Å². The third-order valence-corrected chi connectivity index (χ3v) is 16.4. The summed E-state index contributed by atoms with van der Waals surface area (Å²) in [6.45, 7) is 12.8. The molecule has 3 aromatic rings. The Morgan fingerprint density at radius 2 is 1.69 bits per heavy atom. The Hall–Kier alpha value is -6.13. The van der Waals surface area contributed by atoms with Gasteiger partial charge in [-0.3, -0.25) is 19.3 Å². The lowest BCUT2D eigenvalue weighted by Crippen LogP contribution is -2.81. The lowest BCUT2D eigenvalue weighted by Gasteiger charge is -2.63. The number of fused-ring (bicyclic) bond motifs is 6. The first kappa shape index (κ1) is 48.9. The topological polar surface area (TPSA) is 189 Å². The molecular formula is C54H67N5O11. The van der Waals surface area contributed by atoms with E-state index in [2.05, 4.69) is 21.3 Å². The molecule has 2 bridgehead atoms. The van der Waals surface area contributed by atoms with Crippen molar-refractivity contribution in [1.29, 1.82) is 0 Å². The third-order valence-electron chi connectivity index (χ3n) is 16.4. The first-order valence-electron chi connectivity index (χ1n) is 24.4. The second-order valence-electron chi connectivity index (χ2n) is 21.1. The second kappa shape index (κ2) is 17.3. The molecule has 0 radical (unpaired) electrons. The number of aromatic nitrogens is 1. The van der Waals surface area contributed by atoms with Crippen molar-refractivity contribution >= 4 is 46.4 Å². The third kappa shape index (κ3) is 6.85. The van der Waals surface area contributed by atoms with E-state index in [1.165, 1.54) is 28.3 Å². The summed E-state index contributed by atoms with van der Waals surface area (Å²) in [5.74, 6) is -3.32. The highest BCUT2D eigenvalue weighted by atomic mass is 16.6. The number of methoxy groups -OCH3 is 4. The van der Waals surface area contributed by atoms with Crippen molar-refractivity contribution in [3.8, 4) is 5.75 Å². The van der Waals surface area contributed by atoms with Gasteiger partial charge in [-0.1, -0.05) is 55.8 Å². The average Bonchev–Trinajstić information content (AvgIpc) is 3.99. The number of aliphatic hydroxyl groups is 1. The van der Waals surface area contributed by atoms with Crippen LogP contribution in [-0.2, 0) is 60.2 Å². The maximum Gasteiger partial charge on any atom is 0.344 e. The fraction of sp³-hybridized carbons (Fsp3) is 0.537. The summed E-state index contributed by atoms with van der Waals surface area (Å²) in [6.07, 6.45) is 6.47. The molecule has 16 nitrogen and oxygen atoms in total. The van der Waals surface area contributed by atoms with Crippen LogP contribution >= 0.6 is 0 Å². The smallest absolute Gasteiger partial charge is 0.344 e. The lowest BCUT2D eigenvalue weighted by atomic mass is 9.47. The van der Waals surface area contributed by atoms with Crippen LogP contribution in [0.5, 0.6) is 5.75 Å². The van der Waals surface area contributed by atoms with Crippen LogP contribution in [0.1, 0.15) is 89.6 Å². The van der Waals surface area contributed by atoms with Crippen LogP contribution in [0.15, 0.2) is 71.5 Å². The minimum absolute atomic E-state index is 0.0991. The Morgan fingerprint density at radius 3 is 2.33 bits per heavy atom. The summed E-state index contributed by atoms with van der Waals surface area (Å²) in [5.41, 5.74) is -1.77. The maximum atomic E-state index is 15.8. The number of amides is 1. The van der Waals surface area contributed by atoms with Crippen molar-refractivity contribution < 1.29 is 52.8 Å². The van der Waals surface area contributed by atoms with Gasteiger partial charge in [-0.05, 0) is 82.2 Å². The van der Waals surface area contributed by atoms with Crippen LogP contribution in [0.3, 0.4) is 0 Å². The number of likely N-dealkylation sites (N-methyl/N-ethyl adjacent to an activating group) is 1. The van der Waals surface area contributed by atoms with E-state index in [4.69, 9.17) is 23.7 Å². The van der Waals surface area contributed by atoms with Crippen LogP contribution in [0, 0.1) is 11.3 Å². The SMILES string of the molecule is CCC1=C[C@@H]2CN(C1)/C(C(=O)NC(C)(C)C)=C(/C(=O)OC)Cc1c([nH]c3ccccc13)[C@@](C(=O)OC)(c1cc3c(cc1OC)N(C)[C@H]1[C@@](O)(C(=O)OC)[C@H](OC(C)=O)[C@]4(CC)C=CCN5CC[C@]31[C@@H]54)C2. The lowest BCUT2D eigenvalue weighted by molar-refractivity contribution is -0.228. The molecule has 2 fully saturated rings. The highest BCUT2D eigenvalue weighted by molar-refractivity contribution is 6.04. The van der Waals surface area contributed by atoms with Crippen LogP contribution < -0.4 is 15.0 Å². The molecule has 6 aliphatic rings. The van der Waals surface area contributed by atoms with Crippen molar-refractivity contribution in [2.24, 2.45) is 11.3 Å². The molecule has 1 spiro atoms. The molecule has 2 aromatic carbocycles. The van der Waals surface area contributed by atoms with Crippen LogP contribution in [-0.4, -0.2) is 141 Å². The average molecular weight is 962 g/mol. The Balaban J connectivity index is 1.40. The summed E-state index contributed by atoms with van der Waals surface area (Å²) >= 11 is 0. The Kier molecular flexibility index (Phi) is 12.1. The number of H-pyrrole nitrogens is 1. The largest absolute Gasteiger partial charge is 0.496 e. The maximum absolute atomic E-state index is 15.8.